The van der Waals surface area contributed by atoms with Crippen LogP contribution in [-0.4, -0.2) is 61.3 Å². The summed E-state index contributed by atoms with van der Waals surface area (Å²) in [4.78, 5) is 36.8. The van der Waals surface area contributed by atoms with Gasteiger partial charge >= 0.3 is 5.97 Å². The molecule has 0 bridgehead atoms. The monoisotopic (exact) mass is 438 g/mol. The molecule has 0 aromatic carbocycles. The van der Waals surface area contributed by atoms with Crippen LogP contribution in [0.25, 0.3) is 0 Å². The minimum Gasteiger partial charge on any atom is -0.479 e. The highest BCUT2D eigenvalue weighted by Crippen LogP contribution is 2.30. The summed E-state index contributed by atoms with van der Waals surface area (Å²) < 4.78 is 16.3. The summed E-state index contributed by atoms with van der Waals surface area (Å²) >= 11 is 0. The first-order chi connectivity index (χ1) is 15.6. The van der Waals surface area contributed by atoms with Crippen LogP contribution in [0.4, 0.5) is 11.5 Å². The maximum Gasteiger partial charge on any atom is 0.312 e. The summed E-state index contributed by atoms with van der Waals surface area (Å²) in [6, 6.07) is 7.31. The van der Waals surface area contributed by atoms with Crippen molar-refractivity contribution in [2.45, 2.75) is 25.4 Å². The molecule has 2 saturated heterocycles. The second kappa shape index (κ2) is 8.64. The fraction of sp³-hybridized carbons (Fsp3) is 0.478. The Bertz CT molecular complexity index is 971. The Morgan fingerprint density at radius 3 is 2.59 bits per heavy atom. The van der Waals surface area contributed by atoms with Crippen LogP contribution in [0, 0.1) is 11.8 Å². The van der Waals surface area contributed by atoms with E-state index in [4.69, 9.17) is 14.2 Å². The van der Waals surface area contributed by atoms with Gasteiger partial charge in [-0.3, -0.25) is 9.59 Å². The van der Waals surface area contributed by atoms with Gasteiger partial charge in [-0.05, 0) is 37.0 Å². The maximum atomic E-state index is 12.9. The molecule has 0 radical (unpaired) electrons. The predicted molar refractivity (Wildman–Crippen MR) is 116 cm³/mol. The SMILES string of the molecule is COC(=O)C1CN(c2ccc(N3CC[C@@H](Oc4ccc(OCC5CC5)nc4)C3=O)cn2)C1. The molecule has 1 atom stereocenters. The second-order valence-electron chi connectivity index (χ2n) is 8.47. The summed E-state index contributed by atoms with van der Waals surface area (Å²) in [5, 5.41) is 0. The number of methoxy groups -OCH3 is 1. The number of hydrogen-bond donors (Lipinski definition) is 0. The summed E-state index contributed by atoms with van der Waals surface area (Å²) in [5.41, 5.74) is 0.733. The first-order valence-corrected chi connectivity index (χ1v) is 11.0. The predicted octanol–water partition coefficient (Wildman–Crippen LogP) is 2.06. The van der Waals surface area contributed by atoms with Crippen LogP contribution < -0.4 is 19.3 Å². The highest BCUT2D eigenvalue weighted by molar-refractivity contribution is 5.98. The highest BCUT2D eigenvalue weighted by atomic mass is 16.5. The molecule has 32 heavy (non-hydrogen) atoms. The van der Waals surface area contributed by atoms with Crippen molar-refractivity contribution < 1.29 is 23.8 Å². The third kappa shape index (κ3) is 4.32. The van der Waals surface area contributed by atoms with Gasteiger partial charge in [-0.25, -0.2) is 9.97 Å². The Labute approximate surface area is 186 Å². The molecule has 1 amide bonds. The Kier molecular flexibility index (Phi) is 5.55. The summed E-state index contributed by atoms with van der Waals surface area (Å²) in [7, 11) is 1.40. The number of amides is 1. The standard InChI is InChI=1S/C23H26N4O5/c1-30-23(29)16-12-26(13-16)20-6-4-17(10-24-20)27-9-8-19(22(27)28)32-18-5-7-21(25-11-18)31-14-15-2-3-15/h4-7,10-11,15-16,19H,2-3,8-9,12-14H2,1H3/t19-/m1/s1. The van der Waals surface area contributed by atoms with Gasteiger partial charge < -0.3 is 24.0 Å². The molecule has 2 aromatic heterocycles. The minimum absolute atomic E-state index is 0.0942. The lowest BCUT2D eigenvalue weighted by Gasteiger charge is -2.38. The molecule has 1 saturated carbocycles. The van der Waals surface area contributed by atoms with Crippen molar-refractivity contribution in [3.63, 3.8) is 0 Å². The van der Waals surface area contributed by atoms with E-state index in [1.165, 1.54) is 20.0 Å². The number of pyridine rings is 2. The normalized spacial score (nSPS) is 20.8. The fourth-order valence-corrected chi connectivity index (χ4v) is 3.90. The summed E-state index contributed by atoms with van der Waals surface area (Å²) in [5.74, 6) is 2.19. The van der Waals surface area contributed by atoms with Gasteiger partial charge in [0.05, 0.1) is 37.7 Å². The Hall–Kier alpha value is -3.36. The number of nitrogens with zero attached hydrogens (tertiary/aromatic N) is 4. The number of esters is 1. The van der Waals surface area contributed by atoms with Gasteiger partial charge in [0.1, 0.15) is 11.6 Å². The number of anilines is 2. The number of carbonyl (C=O) groups is 2. The lowest BCUT2D eigenvalue weighted by Crippen LogP contribution is -2.51. The Morgan fingerprint density at radius 1 is 1.09 bits per heavy atom. The molecule has 9 nitrogen and oxygen atoms in total. The lowest BCUT2D eigenvalue weighted by atomic mass is 10.0. The summed E-state index contributed by atoms with van der Waals surface area (Å²) in [6.45, 7) is 2.46. The minimum atomic E-state index is -0.550. The maximum absolute atomic E-state index is 12.9. The second-order valence-corrected chi connectivity index (χ2v) is 8.47. The molecule has 168 valence electrons. The van der Waals surface area contributed by atoms with E-state index >= 15 is 0 Å². The molecule has 4 heterocycles. The van der Waals surface area contributed by atoms with E-state index in [0.29, 0.717) is 50.2 Å². The number of aromatic nitrogens is 2. The van der Waals surface area contributed by atoms with E-state index in [1.54, 1.807) is 29.4 Å². The number of rotatable bonds is 8. The molecule has 9 heteroatoms. The van der Waals surface area contributed by atoms with E-state index in [2.05, 4.69) is 9.97 Å². The molecular formula is C23H26N4O5. The number of carbonyl (C=O) groups excluding carboxylic acids is 2. The van der Waals surface area contributed by atoms with Gasteiger partial charge in [0.15, 0.2) is 6.10 Å². The van der Waals surface area contributed by atoms with Gasteiger partial charge in [0, 0.05) is 32.1 Å². The third-order valence-corrected chi connectivity index (χ3v) is 6.09. The van der Waals surface area contributed by atoms with E-state index in [-0.39, 0.29) is 17.8 Å². The van der Waals surface area contributed by atoms with E-state index in [0.717, 1.165) is 11.5 Å². The van der Waals surface area contributed by atoms with Crippen molar-refractivity contribution in [3.05, 3.63) is 36.7 Å². The number of hydrogen-bond acceptors (Lipinski definition) is 8. The average Bonchev–Trinajstić information content (AvgIpc) is 3.55. The van der Waals surface area contributed by atoms with E-state index < -0.39 is 6.10 Å². The van der Waals surface area contributed by atoms with Gasteiger partial charge in [0.25, 0.3) is 5.91 Å². The Morgan fingerprint density at radius 2 is 1.94 bits per heavy atom. The molecular weight excluding hydrogens is 412 g/mol. The van der Waals surface area contributed by atoms with Crippen LogP contribution in [0.15, 0.2) is 36.7 Å². The highest BCUT2D eigenvalue weighted by Gasteiger charge is 2.36. The molecule has 2 aliphatic heterocycles. The van der Waals surface area contributed by atoms with Crippen LogP contribution in [0.1, 0.15) is 19.3 Å². The molecule has 5 rings (SSSR count). The van der Waals surface area contributed by atoms with Gasteiger partial charge in [0.2, 0.25) is 5.88 Å². The van der Waals surface area contributed by atoms with Crippen molar-refractivity contribution in [1.29, 1.82) is 0 Å². The molecule has 0 unspecified atom stereocenters. The van der Waals surface area contributed by atoms with Crippen LogP contribution in [0.3, 0.4) is 0 Å². The molecule has 0 N–H and O–H groups in total. The molecule has 1 aliphatic carbocycles. The average molecular weight is 438 g/mol. The Balaban J connectivity index is 1.14. The third-order valence-electron chi connectivity index (χ3n) is 6.09. The van der Waals surface area contributed by atoms with Crippen LogP contribution in [0.5, 0.6) is 11.6 Å². The van der Waals surface area contributed by atoms with Crippen LogP contribution >= 0.6 is 0 Å². The first-order valence-electron chi connectivity index (χ1n) is 11.0. The summed E-state index contributed by atoms with van der Waals surface area (Å²) in [6.07, 6.45) is 5.79. The lowest BCUT2D eigenvalue weighted by molar-refractivity contribution is -0.146. The number of ether oxygens (including phenoxy) is 3. The van der Waals surface area contributed by atoms with Crippen molar-refractivity contribution in [1.82, 2.24) is 9.97 Å². The van der Waals surface area contributed by atoms with Crippen molar-refractivity contribution in [2.75, 3.05) is 43.2 Å². The zero-order chi connectivity index (χ0) is 22.1. The topological polar surface area (TPSA) is 94.1 Å². The van der Waals surface area contributed by atoms with Crippen molar-refractivity contribution >= 4 is 23.4 Å². The quantitative estimate of drug-likeness (QED) is 0.578. The van der Waals surface area contributed by atoms with E-state index in [9.17, 15) is 9.59 Å². The zero-order valence-electron chi connectivity index (χ0n) is 18.0. The molecule has 2 aromatic rings. The molecule has 0 spiro atoms. The fourth-order valence-electron chi connectivity index (χ4n) is 3.90. The van der Waals surface area contributed by atoms with Crippen molar-refractivity contribution in [2.24, 2.45) is 11.8 Å². The molecule has 3 aliphatic rings. The first kappa shape index (κ1) is 20.5. The van der Waals surface area contributed by atoms with Gasteiger partial charge in [-0.2, -0.15) is 0 Å². The molecule has 3 fully saturated rings. The largest absolute Gasteiger partial charge is 0.479 e. The zero-order valence-corrected chi connectivity index (χ0v) is 18.0. The van der Waals surface area contributed by atoms with Gasteiger partial charge in [-0.15, -0.1) is 0 Å². The van der Waals surface area contributed by atoms with Crippen LogP contribution in [0.2, 0.25) is 0 Å². The van der Waals surface area contributed by atoms with Crippen molar-refractivity contribution in [3.8, 4) is 11.6 Å². The van der Waals surface area contributed by atoms with Crippen LogP contribution in [-0.2, 0) is 14.3 Å². The van der Waals surface area contributed by atoms with Gasteiger partial charge in [-0.1, -0.05) is 0 Å². The van der Waals surface area contributed by atoms with E-state index in [1.807, 2.05) is 17.0 Å². The smallest absolute Gasteiger partial charge is 0.312 e.